The molecule has 2 aromatic heterocycles. The molecule has 0 atom stereocenters. The summed E-state index contributed by atoms with van der Waals surface area (Å²) in [5, 5.41) is 1.78. The lowest BCUT2D eigenvalue weighted by Crippen LogP contribution is -1.89. The molecule has 18 heavy (non-hydrogen) atoms. The second-order valence-electron chi connectivity index (χ2n) is 3.95. The molecule has 90 valence electrons. The van der Waals surface area contributed by atoms with Crippen molar-refractivity contribution in [3.63, 3.8) is 0 Å². The van der Waals surface area contributed by atoms with E-state index in [1.54, 1.807) is 13.3 Å². The van der Waals surface area contributed by atoms with Crippen molar-refractivity contribution in [1.29, 1.82) is 0 Å². The van der Waals surface area contributed by atoms with E-state index in [1.807, 2.05) is 36.5 Å². The first kappa shape index (κ1) is 11.1. The minimum Gasteiger partial charge on any atom is -0.497 e. The van der Waals surface area contributed by atoms with Gasteiger partial charge in [0.1, 0.15) is 5.75 Å². The van der Waals surface area contributed by atoms with Crippen molar-refractivity contribution in [3.8, 4) is 17.0 Å². The molecule has 0 aliphatic heterocycles. The third kappa shape index (κ3) is 1.73. The molecule has 0 radical (unpaired) electrons. The first-order valence-corrected chi connectivity index (χ1v) is 5.93. The van der Waals surface area contributed by atoms with Crippen molar-refractivity contribution >= 4 is 22.5 Å². The van der Waals surface area contributed by atoms with E-state index in [-0.39, 0.29) is 0 Å². The molecular weight excluding hydrogens is 248 g/mol. The Morgan fingerprint density at radius 3 is 2.94 bits per heavy atom. The molecule has 0 fully saturated rings. The van der Waals surface area contributed by atoms with Crippen LogP contribution < -0.4 is 4.74 Å². The number of pyridine rings is 1. The van der Waals surface area contributed by atoms with Crippen molar-refractivity contribution in [2.45, 2.75) is 0 Å². The molecular formula is C14H11ClN2O. The second-order valence-corrected chi connectivity index (χ2v) is 4.35. The van der Waals surface area contributed by atoms with Crippen LogP contribution in [0, 0.1) is 0 Å². The minimum atomic E-state index is 0.672. The monoisotopic (exact) mass is 258 g/mol. The van der Waals surface area contributed by atoms with E-state index in [9.17, 15) is 0 Å². The van der Waals surface area contributed by atoms with Gasteiger partial charge in [-0.25, -0.2) is 0 Å². The van der Waals surface area contributed by atoms with Gasteiger partial charge in [0.15, 0.2) is 0 Å². The lowest BCUT2D eigenvalue weighted by molar-refractivity contribution is 0.414. The van der Waals surface area contributed by atoms with Crippen molar-refractivity contribution in [2.24, 2.45) is 0 Å². The minimum absolute atomic E-state index is 0.672. The number of methoxy groups -OCH3 is 1. The average Bonchev–Trinajstić information content (AvgIpc) is 2.87. The number of nitrogens with one attached hydrogen (secondary N) is 1. The van der Waals surface area contributed by atoms with E-state index in [4.69, 9.17) is 16.3 Å². The van der Waals surface area contributed by atoms with E-state index < -0.39 is 0 Å². The van der Waals surface area contributed by atoms with Gasteiger partial charge in [0.05, 0.1) is 23.3 Å². The third-order valence-corrected chi connectivity index (χ3v) is 3.22. The van der Waals surface area contributed by atoms with E-state index in [1.165, 1.54) is 0 Å². The molecule has 2 heterocycles. The predicted molar refractivity (Wildman–Crippen MR) is 73.1 cm³/mol. The quantitative estimate of drug-likeness (QED) is 0.757. The van der Waals surface area contributed by atoms with Crippen LogP contribution in [0.25, 0.3) is 22.2 Å². The van der Waals surface area contributed by atoms with Gasteiger partial charge in [-0.1, -0.05) is 17.7 Å². The van der Waals surface area contributed by atoms with E-state index in [0.29, 0.717) is 5.02 Å². The van der Waals surface area contributed by atoms with Crippen LogP contribution in [0.5, 0.6) is 5.75 Å². The molecule has 4 heteroatoms. The van der Waals surface area contributed by atoms with Gasteiger partial charge in [0, 0.05) is 29.4 Å². The van der Waals surface area contributed by atoms with Gasteiger partial charge in [0.2, 0.25) is 0 Å². The summed E-state index contributed by atoms with van der Waals surface area (Å²) in [5.41, 5.74) is 2.69. The predicted octanol–water partition coefficient (Wildman–Crippen LogP) is 3.89. The van der Waals surface area contributed by atoms with Crippen molar-refractivity contribution in [3.05, 3.63) is 47.7 Å². The lowest BCUT2D eigenvalue weighted by Gasteiger charge is -2.07. The van der Waals surface area contributed by atoms with Crippen molar-refractivity contribution in [2.75, 3.05) is 7.11 Å². The highest BCUT2D eigenvalue weighted by molar-refractivity contribution is 6.34. The smallest absolute Gasteiger partial charge is 0.122 e. The number of fused-ring (bicyclic) bond motifs is 1. The average molecular weight is 259 g/mol. The number of hydrogen-bond acceptors (Lipinski definition) is 2. The topological polar surface area (TPSA) is 37.9 Å². The maximum atomic E-state index is 6.29. The Labute approximate surface area is 109 Å². The summed E-state index contributed by atoms with van der Waals surface area (Å²) >= 11 is 6.29. The van der Waals surface area contributed by atoms with Crippen LogP contribution in [0.1, 0.15) is 0 Å². The van der Waals surface area contributed by atoms with Gasteiger partial charge in [-0.2, -0.15) is 0 Å². The van der Waals surface area contributed by atoms with Crippen LogP contribution >= 0.6 is 11.6 Å². The van der Waals surface area contributed by atoms with Crippen LogP contribution in [0.3, 0.4) is 0 Å². The first-order valence-electron chi connectivity index (χ1n) is 5.55. The number of rotatable bonds is 2. The molecule has 0 aliphatic rings. The Hall–Kier alpha value is -2.00. The summed E-state index contributed by atoms with van der Waals surface area (Å²) in [4.78, 5) is 7.56. The Bertz CT molecular complexity index is 706. The first-order chi connectivity index (χ1) is 8.79. The number of H-pyrrole nitrogens is 1. The maximum absolute atomic E-state index is 6.29. The molecule has 3 rings (SSSR count). The fourth-order valence-electron chi connectivity index (χ4n) is 2.03. The summed E-state index contributed by atoms with van der Waals surface area (Å²) in [6.07, 6.45) is 3.61. The zero-order valence-corrected chi connectivity index (χ0v) is 10.5. The molecule has 0 spiro atoms. The Morgan fingerprint density at radius 1 is 1.22 bits per heavy atom. The molecule has 1 aromatic carbocycles. The summed E-state index contributed by atoms with van der Waals surface area (Å²) in [7, 11) is 1.63. The Morgan fingerprint density at radius 2 is 2.11 bits per heavy atom. The highest BCUT2D eigenvalue weighted by Crippen LogP contribution is 2.34. The Balaban J connectivity index is 2.29. The summed E-state index contributed by atoms with van der Waals surface area (Å²) in [5.74, 6) is 0.764. The normalized spacial score (nSPS) is 10.8. The summed E-state index contributed by atoms with van der Waals surface area (Å²) < 4.78 is 5.22. The van der Waals surface area contributed by atoms with Gasteiger partial charge in [0.25, 0.3) is 0 Å². The van der Waals surface area contributed by atoms with Gasteiger partial charge < -0.3 is 9.72 Å². The van der Waals surface area contributed by atoms with Crippen LogP contribution in [0.2, 0.25) is 5.02 Å². The number of ether oxygens (including phenoxy) is 1. The van der Waals surface area contributed by atoms with Crippen LogP contribution in [-0.4, -0.2) is 17.1 Å². The SMILES string of the molecule is COc1ccnc(-c2c(Cl)ccc3cc[nH]c23)c1. The lowest BCUT2D eigenvalue weighted by atomic mass is 10.1. The standard InChI is InChI=1S/C14H11ClN2O/c1-18-10-5-7-16-12(8-10)13-11(15)3-2-9-4-6-17-14(9)13/h2-8,17H,1H3. The summed E-state index contributed by atoms with van der Waals surface area (Å²) in [6.45, 7) is 0. The molecule has 3 nitrogen and oxygen atoms in total. The van der Waals surface area contributed by atoms with Crippen LogP contribution in [0.15, 0.2) is 42.7 Å². The van der Waals surface area contributed by atoms with Gasteiger partial charge in [-0.15, -0.1) is 0 Å². The second kappa shape index (κ2) is 4.35. The van der Waals surface area contributed by atoms with E-state index in [2.05, 4.69) is 9.97 Å². The highest BCUT2D eigenvalue weighted by Gasteiger charge is 2.11. The highest BCUT2D eigenvalue weighted by atomic mass is 35.5. The largest absolute Gasteiger partial charge is 0.497 e. The van der Waals surface area contributed by atoms with Crippen LogP contribution in [0.4, 0.5) is 0 Å². The fourth-order valence-corrected chi connectivity index (χ4v) is 2.28. The third-order valence-electron chi connectivity index (χ3n) is 2.90. The number of hydrogen-bond donors (Lipinski definition) is 1. The molecule has 0 saturated heterocycles. The van der Waals surface area contributed by atoms with Gasteiger partial charge in [-0.3, -0.25) is 4.98 Å². The zero-order chi connectivity index (χ0) is 12.5. The Kier molecular flexibility index (Phi) is 2.68. The number of halogens is 1. The molecule has 0 aliphatic carbocycles. The number of nitrogens with zero attached hydrogens (tertiary/aromatic N) is 1. The maximum Gasteiger partial charge on any atom is 0.122 e. The molecule has 0 amide bonds. The molecule has 1 N–H and O–H groups in total. The van der Waals surface area contributed by atoms with Gasteiger partial charge >= 0.3 is 0 Å². The van der Waals surface area contributed by atoms with Crippen LogP contribution in [-0.2, 0) is 0 Å². The molecule has 3 aromatic rings. The summed E-state index contributed by atoms with van der Waals surface area (Å²) in [6, 6.07) is 9.56. The van der Waals surface area contributed by atoms with Crippen molar-refractivity contribution < 1.29 is 4.74 Å². The van der Waals surface area contributed by atoms with E-state index in [0.717, 1.165) is 27.9 Å². The number of aromatic amines is 1. The molecule has 0 bridgehead atoms. The van der Waals surface area contributed by atoms with E-state index >= 15 is 0 Å². The van der Waals surface area contributed by atoms with Crippen molar-refractivity contribution in [1.82, 2.24) is 9.97 Å². The zero-order valence-electron chi connectivity index (χ0n) is 9.77. The molecule has 0 saturated carbocycles. The fraction of sp³-hybridized carbons (Fsp3) is 0.0714. The molecule has 0 unspecified atom stereocenters. The number of aromatic nitrogens is 2. The van der Waals surface area contributed by atoms with Gasteiger partial charge in [-0.05, 0) is 18.2 Å². The number of benzene rings is 1.